The van der Waals surface area contributed by atoms with Crippen molar-refractivity contribution in [1.29, 1.82) is 0 Å². The first kappa shape index (κ1) is 20.0. The third kappa shape index (κ3) is 3.75. The van der Waals surface area contributed by atoms with Gasteiger partial charge in [-0.25, -0.2) is 4.79 Å². The van der Waals surface area contributed by atoms with Crippen LogP contribution in [0.25, 0.3) is 21.9 Å². The molecule has 4 aromatic rings. The van der Waals surface area contributed by atoms with Gasteiger partial charge in [0.25, 0.3) is 0 Å². The van der Waals surface area contributed by atoms with Crippen molar-refractivity contribution >= 4 is 27.8 Å². The highest BCUT2D eigenvalue weighted by Gasteiger charge is 2.19. The van der Waals surface area contributed by atoms with Crippen LogP contribution in [0.15, 0.2) is 56.3 Å². The zero-order valence-electron chi connectivity index (χ0n) is 17.5. The molecule has 4 rings (SSSR count). The number of furan rings is 1. The Balaban J connectivity index is 1.54. The molecule has 5 heteroatoms. The normalized spacial score (nSPS) is 11.3. The van der Waals surface area contributed by atoms with Gasteiger partial charge in [-0.05, 0) is 61.9 Å². The fraction of sp³-hybridized carbons (Fsp3) is 0.280. The Morgan fingerprint density at radius 2 is 1.80 bits per heavy atom. The Morgan fingerprint density at radius 3 is 2.57 bits per heavy atom. The van der Waals surface area contributed by atoms with E-state index in [4.69, 9.17) is 8.83 Å². The van der Waals surface area contributed by atoms with Crippen molar-refractivity contribution in [1.82, 2.24) is 5.32 Å². The van der Waals surface area contributed by atoms with Crippen LogP contribution in [-0.4, -0.2) is 12.5 Å². The molecule has 0 fully saturated rings. The number of benzene rings is 2. The second-order valence-corrected chi connectivity index (χ2v) is 7.80. The van der Waals surface area contributed by atoms with Crippen LogP contribution in [0.4, 0.5) is 0 Å². The fourth-order valence-corrected chi connectivity index (χ4v) is 4.06. The molecule has 0 aliphatic carbocycles. The SMILES string of the molecule is Cc1coc2c1c(C)cc1oc(=O)c(CC(=O)NCCCc3ccccc3)c(C)c12. The number of hydrogen-bond acceptors (Lipinski definition) is 4. The predicted octanol–water partition coefficient (Wildman–Crippen LogP) is 4.76. The zero-order valence-corrected chi connectivity index (χ0v) is 17.5. The van der Waals surface area contributed by atoms with E-state index < -0.39 is 5.63 Å². The van der Waals surface area contributed by atoms with Crippen molar-refractivity contribution < 1.29 is 13.6 Å². The molecular formula is C25H25NO4. The minimum atomic E-state index is -0.471. The Morgan fingerprint density at radius 1 is 1.03 bits per heavy atom. The number of hydrogen-bond donors (Lipinski definition) is 1. The predicted molar refractivity (Wildman–Crippen MR) is 118 cm³/mol. The van der Waals surface area contributed by atoms with Crippen LogP contribution in [0.1, 0.15) is 34.2 Å². The van der Waals surface area contributed by atoms with Crippen LogP contribution >= 0.6 is 0 Å². The van der Waals surface area contributed by atoms with E-state index in [1.165, 1.54) is 5.56 Å². The number of rotatable bonds is 6. The smallest absolute Gasteiger partial charge is 0.340 e. The van der Waals surface area contributed by atoms with Gasteiger partial charge in [-0.1, -0.05) is 30.3 Å². The van der Waals surface area contributed by atoms with E-state index >= 15 is 0 Å². The second-order valence-electron chi connectivity index (χ2n) is 7.80. The molecule has 5 nitrogen and oxygen atoms in total. The Kier molecular flexibility index (Phi) is 5.44. The lowest BCUT2D eigenvalue weighted by Gasteiger charge is -2.10. The first-order valence-electron chi connectivity index (χ1n) is 10.2. The van der Waals surface area contributed by atoms with Crippen LogP contribution in [0, 0.1) is 20.8 Å². The third-order valence-corrected chi connectivity index (χ3v) is 5.61. The highest BCUT2D eigenvalue weighted by atomic mass is 16.4. The summed E-state index contributed by atoms with van der Waals surface area (Å²) in [4.78, 5) is 25.1. The minimum absolute atomic E-state index is 0.00942. The molecular weight excluding hydrogens is 378 g/mol. The van der Waals surface area contributed by atoms with Gasteiger partial charge in [-0.15, -0.1) is 0 Å². The van der Waals surface area contributed by atoms with Crippen LogP contribution in [0.2, 0.25) is 0 Å². The van der Waals surface area contributed by atoms with E-state index in [2.05, 4.69) is 17.4 Å². The van der Waals surface area contributed by atoms with Gasteiger partial charge in [-0.2, -0.15) is 0 Å². The van der Waals surface area contributed by atoms with Crippen LogP contribution in [0.5, 0.6) is 0 Å². The van der Waals surface area contributed by atoms with Crippen LogP contribution in [-0.2, 0) is 17.6 Å². The maximum absolute atomic E-state index is 12.6. The van der Waals surface area contributed by atoms with E-state index in [0.717, 1.165) is 40.3 Å². The zero-order chi connectivity index (χ0) is 21.3. The largest absolute Gasteiger partial charge is 0.463 e. The van der Waals surface area contributed by atoms with E-state index in [0.29, 0.717) is 23.3 Å². The molecule has 0 bridgehead atoms. The lowest BCUT2D eigenvalue weighted by molar-refractivity contribution is -0.120. The molecule has 0 spiro atoms. The molecule has 0 radical (unpaired) electrons. The summed E-state index contributed by atoms with van der Waals surface area (Å²) in [5.74, 6) is -0.184. The molecule has 1 N–H and O–H groups in total. The van der Waals surface area contributed by atoms with E-state index in [1.807, 2.05) is 45.0 Å². The van der Waals surface area contributed by atoms with Crippen molar-refractivity contribution in [3.63, 3.8) is 0 Å². The quantitative estimate of drug-likeness (QED) is 0.372. The van der Waals surface area contributed by atoms with Gasteiger partial charge >= 0.3 is 5.63 Å². The molecule has 0 atom stereocenters. The molecule has 154 valence electrons. The van der Waals surface area contributed by atoms with E-state index in [-0.39, 0.29) is 12.3 Å². The topological polar surface area (TPSA) is 72.5 Å². The summed E-state index contributed by atoms with van der Waals surface area (Å²) < 4.78 is 11.3. The van der Waals surface area contributed by atoms with Gasteiger partial charge in [0.15, 0.2) is 0 Å². The summed E-state index contributed by atoms with van der Waals surface area (Å²) in [5.41, 5.74) is 5.11. The standard InChI is InChI=1S/C25H25NO4/c1-15-12-20-23(24-22(15)16(2)14-29-24)17(3)19(25(28)30-20)13-21(27)26-11-7-10-18-8-5-4-6-9-18/h4-6,8-9,12,14H,7,10-11,13H2,1-3H3,(H,26,27). The molecule has 0 unspecified atom stereocenters. The molecule has 2 aromatic carbocycles. The summed E-state index contributed by atoms with van der Waals surface area (Å²) in [7, 11) is 0. The molecule has 2 aromatic heterocycles. The summed E-state index contributed by atoms with van der Waals surface area (Å²) in [6.07, 6.45) is 3.44. The van der Waals surface area contributed by atoms with Gasteiger partial charge < -0.3 is 14.2 Å². The first-order valence-corrected chi connectivity index (χ1v) is 10.2. The highest BCUT2D eigenvalue weighted by molar-refractivity contribution is 6.07. The van der Waals surface area contributed by atoms with Crippen molar-refractivity contribution in [2.75, 3.05) is 6.54 Å². The van der Waals surface area contributed by atoms with Crippen molar-refractivity contribution in [2.45, 2.75) is 40.0 Å². The maximum Gasteiger partial charge on any atom is 0.340 e. The van der Waals surface area contributed by atoms with Crippen LogP contribution in [0.3, 0.4) is 0 Å². The van der Waals surface area contributed by atoms with E-state index in [9.17, 15) is 9.59 Å². The Labute approximate surface area is 174 Å². The number of nitrogens with one attached hydrogen (secondary N) is 1. The van der Waals surface area contributed by atoms with Crippen molar-refractivity contribution in [3.8, 4) is 0 Å². The summed E-state index contributed by atoms with van der Waals surface area (Å²) in [6, 6.07) is 12.0. The highest BCUT2D eigenvalue weighted by Crippen LogP contribution is 2.34. The number of amides is 1. The molecule has 2 heterocycles. The van der Waals surface area contributed by atoms with Gasteiger partial charge in [0, 0.05) is 11.9 Å². The fourth-order valence-electron chi connectivity index (χ4n) is 4.06. The summed E-state index contributed by atoms with van der Waals surface area (Å²) >= 11 is 0. The van der Waals surface area contributed by atoms with Gasteiger partial charge in [0.05, 0.1) is 23.6 Å². The first-order chi connectivity index (χ1) is 14.5. The average molecular weight is 403 g/mol. The average Bonchev–Trinajstić information content (AvgIpc) is 3.11. The lowest BCUT2D eigenvalue weighted by atomic mass is 9.99. The summed E-state index contributed by atoms with van der Waals surface area (Å²) in [5, 5.41) is 4.69. The summed E-state index contributed by atoms with van der Waals surface area (Å²) in [6.45, 7) is 6.37. The number of carbonyl (C=O) groups excluding carboxylic acids is 1. The maximum atomic E-state index is 12.6. The van der Waals surface area contributed by atoms with Gasteiger partial charge in [0.1, 0.15) is 11.2 Å². The van der Waals surface area contributed by atoms with Gasteiger partial charge in [0.2, 0.25) is 5.91 Å². The minimum Gasteiger partial charge on any atom is -0.463 e. The monoisotopic (exact) mass is 403 g/mol. The van der Waals surface area contributed by atoms with Gasteiger partial charge in [-0.3, -0.25) is 4.79 Å². The molecule has 30 heavy (non-hydrogen) atoms. The Bertz CT molecular complexity index is 1280. The van der Waals surface area contributed by atoms with Crippen molar-refractivity contribution in [3.05, 3.63) is 80.9 Å². The molecule has 1 amide bonds. The molecule has 0 saturated heterocycles. The van der Waals surface area contributed by atoms with E-state index in [1.54, 1.807) is 6.26 Å². The second kappa shape index (κ2) is 8.19. The Hall–Kier alpha value is -3.34. The van der Waals surface area contributed by atoms with Crippen LogP contribution < -0.4 is 10.9 Å². The lowest BCUT2D eigenvalue weighted by Crippen LogP contribution is -2.28. The third-order valence-electron chi connectivity index (χ3n) is 5.61. The molecule has 0 saturated carbocycles. The number of carbonyl (C=O) groups is 1. The number of aryl methyl sites for hydroxylation is 4. The molecule has 0 aliphatic rings. The number of fused-ring (bicyclic) bond motifs is 3. The van der Waals surface area contributed by atoms with Crippen molar-refractivity contribution in [2.24, 2.45) is 0 Å². The molecule has 0 aliphatic heterocycles.